The number of pyridine rings is 1. The molecular weight excluding hydrogens is 326 g/mol. The molecule has 2 aromatic heterocycles. The summed E-state index contributed by atoms with van der Waals surface area (Å²) in [5.74, 6) is 0.142. The molecule has 0 saturated carbocycles. The number of carbonyl (C=O) groups excluding carboxylic acids is 1. The van der Waals surface area contributed by atoms with Crippen molar-refractivity contribution >= 4 is 11.6 Å². The molecule has 2 unspecified atom stereocenters. The van der Waals surface area contributed by atoms with Crippen molar-refractivity contribution in [1.29, 1.82) is 0 Å². The second-order valence-electron chi connectivity index (χ2n) is 8.11. The lowest BCUT2D eigenvalue weighted by Gasteiger charge is -2.45. The predicted octanol–water partition coefficient (Wildman–Crippen LogP) is 1.72. The van der Waals surface area contributed by atoms with E-state index in [1.54, 1.807) is 6.20 Å². The van der Waals surface area contributed by atoms with Crippen LogP contribution in [0.1, 0.15) is 36.0 Å². The minimum atomic E-state index is 0.142. The highest BCUT2D eigenvalue weighted by molar-refractivity contribution is 5.94. The van der Waals surface area contributed by atoms with Crippen LogP contribution in [0.4, 0.5) is 0 Å². The third-order valence-corrected chi connectivity index (χ3v) is 6.83. The zero-order valence-corrected chi connectivity index (χ0v) is 15.4. The molecule has 6 heteroatoms. The first-order valence-electron chi connectivity index (χ1n) is 9.87. The molecule has 2 aromatic rings. The average Bonchev–Trinajstić information content (AvgIpc) is 3.20. The lowest BCUT2D eigenvalue weighted by Crippen LogP contribution is -2.55. The van der Waals surface area contributed by atoms with Gasteiger partial charge in [0.25, 0.3) is 5.91 Å². The number of nitrogens with zero attached hydrogens (tertiary/aromatic N) is 5. The van der Waals surface area contributed by atoms with E-state index in [4.69, 9.17) is 0 Å². The lowest BCUT2D eigenvalue weighted by molar-refractivity contribution is 0.0343. The Morgan fingerprint density at radius 1 is 1.04 bits per heavy atom. The average molecular weight is 353 g/mol. The zero-order chi connectivity index (χ0) is 17.7. The normalized spacial score (nSPS) is 30.2. The first-order valence-corrected chi connectivity index (χ1v) is 9.87. The molecule has 3 aliphatic heterocycles. The van der Waals surface area contributed by atoms with Gasteiger partial charge in [0.05, 0.1) is 5.56 Å². The third kappa shape index (κ3) is 2.72. The van der Waals surface area contributed by atoms with Crippen LogP contribution in [-0.2, 0) is 0 Å². The minimum absolute atomic E-state index is 0.142. The highest BCUT2D eigenvalue weighted by Gasteiger charge is 2.41. The molecule has 0 aliphatic carbocycles. The van der Waals surface area contributed by atoms with Crippen LogP contribution in [0.15, 0.2) is 30.7 Å². The summed E-state index contributed by atoms with van der Waals surface area (Å²) in [6, 6.07) is 6.08. The van der Waals surface area contributed by atoms with Crippen molar-refractivity contribution in [3.8, 4) is 0 Å². The predicted molar refractivity (Wildman–Crippen MR) is 100 cm³/mol. The van der Waals surface area contributed by atoms with Crippen LogP contribution in [0.3, 0.4) is 0 Å². The third-order valence-electron chi connectivity index (χ3n) is 6.83. The van der Waals surface area contributed by atoms with E-state index in [2.05, 4.69) is 21.8 Å². The standard InChI is InChI=1S/C20H27N5O/c1-22-16-3-4-17(22)13-18(12-16)23-8-10-24(11-9-23)20(26)15-2-5-19-21-6-7-25(19)14-15/h2,5-7,14,16-18H,3-4,8-13H2,1H3. The second kappa shape index (κ2) is 6.35. The van der Waals surface area contributed by atoms with Crippen LogP contribution in [0.5, 0.6) is 0 Å². The number of fused-ring (bicyclic) bond motifs is 3. The van der Waals surface area contributed by atoms with E-state index in [1.807, 2.05) is 33.8 Å². The zero-order valence-electron chi connectivity index (χ0n) is 15.4. The summed E-state index contributed by atoms with van der Waals surface area (Å²) in [7, 11) is 2.30. The topological polar surface area (TPSA) is 44.1 Å². The molecule has 6 nitrogen and oxygen atoms in total. The smallest absolute Gasteiger partial charge is 0.255 e. The number of imidazole rings is 1. The number of piperazine rings is 1. The van der Waals surface area contributed by atoms with Gasteiger partial charge in [-0.05, 0) is 44.9 Å². The van der Waals surface area contributed by atoms with Crippen LogP contribution in [-0.4, -0.2) is 81.3 Å². The fourth-order valence-corrected chi connectivity index (χ4v) is 5.20. The van der Waals surface area contributed by atoms with Crippen LogP contribution in [0.25, 0.3) is 5.65 Å². The summed E-state index contributed by atoms with van der Waals surface area (Å²) < 4.78 is 1.91. The van der Waals surface area contributed by atoms with E-state index in [0.29, 0.717) is 6.04 Å². The van der Waals surface area contributed by atoms with Crippen molar-refractivity contribution < 1.29 is 4.79 Å². The van der Waals surface area contributed by atoms with E-state index in [0.717, 1.165) is 49.5 Å². The molecule has 0 radical (unpaired) electrons. The summed E-state index contributed by atoms with van der Waals surface area (Å²) >= 11 is 0. The van der Waals surface area contributed by atoms with E-state index in [9.17, 15) is 4.79 Å². The Hall–Kier alpha value is -1.92. The lowest BCUT2D eigenvalue weighted by atomic mass is 9.96. The van der Waals surface area contributed by atoms with E-state index in [-0.39, 0.29) is 5.91 Å². The number of rotatable bonds is 2. The molecular formula is C20H27N5O. The van der Waals surface area contributed by atoms with E-state index in [1.165, 1.54) is 25.7 Å². The summed E-state index contributed by atoms with van der Waals surface area (Å²) in [5.41, 5.74) is 1.63. The molecule has 0 aromatic carbocycles. The Labute approximate surface area is 154 Å². The van der Waals surface area contributed by atoms with Gasteiger partial charge >= 0.3 is 0 Å². The van der Waals surface area contributed by atoms with Gasteiger partial charge in [-0.2, -0.15) is 0 Å². The second-order valence-corrected chi connectivity index (χ2v) is 8.11. The molecule has 2 atom stereocenters. The van der Waals surface area contributed by atoms with Crippen molar-refractivity contribution in [2.75, 3.05) is 33.2 Å². The first-order chi connectivity index (χ1) is 12.7. The molecule has 0 spiro atoms. The number of hydrogen-bond acceptors (Lipinski definition) is 4. The first kappa shape index (κ1) is 16.3. The fraction of sp³-hybridized carbons (Fsp3) is 0.600. The molecule has 1 amide bonds. The van der Waals surface area contributed by atoms with Gasteiger partial charge in [-0.3, -0.25) is 9.69 Å². The Morgan fingerprint density at radius 3 is 2.50 bits per heavy atom. The van der Waals surface area contributed by atoms with Crippen molar-refractivity contribution in [2.45, 2.75) is 43.8 Å². The Bertz CT molecular complexity index is 795. The van der Waals surface area contributed by atoms with Gasteiger partial charge in [-0.25, -0.2) is 4.98 Å². The number of hydrogen-bond donors (Lipinski definition) is 0. The molecule has 3 fully saturated rings. The summed E-state index contributed by atoms with van der Waals surface area (Å²) in [6.45, 7) is 3.69. The molecule has 138 valence electrons. The van der Waals surface area contributed by atoms with Gasteiger partial charge in [0.15, 0.2) is 0 Å². The monoisotopic (exact) mass is 353 g/mol. The van der Waals surface area contributed by atoms with Crippen molar-refractivity contribution in [1.82, 2.24) is 24.1 Å². The Kier molecular flexibility index (Phi) is 3.98. The fourth-order valence-electron chi connectivity index (χ4n) is 5.20. The maximum atomic E-state index is 12.9. The van der Waals surface area contributed by atoms with Gasteiger partial charge in [0, 0.05) is 62.9 Å². The maximum absolute atomic E-state index is 12.9. The summed E-state index contributed by atoms with van der Waals surface area (Å²) in [5, 5.41) is 0. The molecule has 2 bridgehead atoms. The van der Waals surface area contributed by atoms with E-state index < -0.39 is 0 Å². The van der Waals surface area contributed by atoms with Crippen LogP contribution in [0, 0.1) is 0 Å². The van der Waals surface area contributed by atoms with Crippen molar-refractivity contribution in [2.24, 2.45) is 0 Å². The van der Waals surface area contributed by atoms with Crippen LogP contribution < -0.4 is 0 Å². The SMILES string of the molecule is CN1C2CCC1CC(N1CCN(C(=O)c3ccc4nccn4c3)CC1)C2. The van der Waals surface area contributed by atoms with Crippen molar-refractivity contribution in [3.05, 3.63) is 36.3 Å². The molecule has 3 saturated heterocycles. The van der Waals surface area contributed by atoms with Gasteiger partial charge in [-0.1, -0.05) is 0 Å². The highest BCUT2D eigenvalue weighted by Crippen LogP contribution is 2.36. The maximum Gasteiger partial charge on any atom is 0.255 e. The van der Waals surface area contributed by atoms with Gasteiger partial charge in [-0.15, -0.1) is 0 Å². The number of aromatic nitrogens is 2. The Balaban J connectivity index is 1.22. The quantitative estimate of drug-likeness (QED) is 0.825. The van der Waals surface area contributed by atoms with Gasteiger partial charge in [0.2, 0.25) is 0 Å². The van der Waals surface area contributed by atoms with Crippen molar-refractivity contribution in [3.63, 3.8) is 0 Å². The number of piperidine rings is 1. The molecule has 26 heavy (non-hydrogen) atoms. The van der Waals surface area contributed by atoms with E-state index >= 15 is 0 Å². The number of amides is 1. The van der Waals surface area contributed by atoms with Crippen LogP contribution >= 0.6 is 0 Å². The summed E-state index contributed by atoms with van der Waals surface area (Å²) in [6.07, 6.45) is 10.9. The van der Waals surface area contributed by atoms with Crippen LogP contribution in [0.2, 0.25) is 0 Å². The highest BCUT2D eigenvalue weighted by atomic mass is 16.2. The molecule has 5 heterocycles. The molecule has 3 aliphatic rings. The molecule has 0 N–H and O–H groups in total. The van der Waals surface area contributed by atoms with Gasteiger partial charge < -0.3 is 14.2 Å². The Morgan fingerprint density at radius 2 is 1.77 bits per heavy atom. The van der Waals surface area contributed by atoms with Gasteiger partial charge in [0.1, 0.15) is 5.65 Å². The minimum Gasteiger partial charge on any atom is -0.336 e. The largest absolute Gasteiger partial charge is 0.336 e. The number of carbonyl (C=O) groups is 1. The molecule has 5 rings (SSSR count). The summed E-state index contributed by atoms with van der Waals surface area (Å²) in [4.78, 5) is 24.4.